The Hall–Kier alpha value is -1.30. The Bertz CT molecular complexity index is 706. The van der Waals surface area contributed by atoms with Crippen LogP contribution in [0.3, 0.4) is 0 Å². The highest BCUT2D eigenvalue weighted by atomic mass is 32.2. The van der Waals surface area contributed by atoms with E-state index in [4.69, 9.17) is 4.42 Å². The standard InChI is InChI=1S/C15H19NO4S/c1-14(2)11-3-5-15(14)9-21(18,19)16(12(15)7-11)13(17)10-4-6-20-8-10/h4,6,8,11-12H,3,5,7,9H2,1-2H3/t11-,12-,15-/m1/s1. The van der Waals surface area contributed by atoms with Crippen molar-refractivity contribution in [2.45, 2.75) is 39.2 Å². The van der Waals surface area contributed by atoms with Gasteiger partial charge in [-0.1, -0.05) is 13.8 Å². The van der Waals surface area contributed by atoms with Gasteiger partial charge in [0.15, 0.2) is 0 Å². The van der Waals surface area contributed by atoms with Crippen molar-refractivity contribution in [1.29, 1.82) is 0 Å². The predicted octanol–water partition coefficient (Wildman–Crippen LogP) is 2.26. The number of hydrogen-bond donors (Lipinski definition) is 0. The molecule has 1 aromatic heterocycles. The Balaban J connectivity index is 1.82. The highest BCUT2D eigenvalue weighted by molar-refractivity contribution is 7.90. The molecule has 3 aliphatic rings. The molecule has 2 aliphatic carbocycles. The van der Waals surface area contributed by atoms with Crippen LogP contribution >= 0.6 is 0 Å². The Morgan fingerprint density at radius 3 is 2.81 bits per heavy atom. The monoisotopic (exact) mass is 309 g/mol. The van der Waals surface area contributed by atoms with Crippen LogP contribution < -0.4 is 0 Å². The molecular weight excluding hydrogens is 290 g/mol. The van der Waals surface area contributed by atoms with Gasteiger partial charge in [-0.3, -0.25) is 4.79 Å². The molecule has 3 atom stereocenters. The third-order valence-corrected chi connectivity index (χ3v) is 8.28. The number of hydrogen-bond acceptors (Lipinski definition) is 4. The number of amides is 1. The molecule has 1 aliphatic heterocycles. The van der Waals surface area contributed by atoms with E-state index >= 15 is 0 Å². The maximum Gasteiger partial charge on any atom is 0.270 e. The van der Waals surface area contributed by atoms with Crippen LogP contribution in [-0.2, 0) is 10.0 Å². The molecule has 21 heavy (non-hydrogen) atoms. The molecule has 0 unspecified atom stereocenters. The Morgan fingerprint density at radius 1 is 1.43 bits per heavy atom. The van der Waals surface area contributed by atoms with E-state index in [2.05, 4.69) is 13.8 Å². The Labute approximate surface area is 124 Å². The van der Waals surface area contributed by atoms with Gasteiger partial charge >= 0.3 is 0 Å². The van der Waals surface area contributed by atoms with Crippen LogP contribution in [0.1, 0.15) is 43.5 Å². The zero-order valence-electron chi connectivity index (χ0n) is 12.2. The van der Waals surface area contributed by atoms with Gasteiger partial charge in [-0.15, -0.1) is 0 Å². The number of fused-ring (bicyclic) bond motifs is 1. The third-order valence-electron chi connectivity index (χ3n) is 6.38. The van der Waals surface area contributed by atoms with Gasteiger partial charge in [0.1, 0.15) is 6.26 Å². The van der Waals surface area contributed by atoms with Crippen molar-refractivity contribution in [3.63, 3.8) is 0 Å². The third kappa shape index (κ3) is 1.42. The molecule has 0 radical (unpaired) electrons. The molecule has 4 rings (SSSR count). The summed E-state index contributed by atoms with van der Waals surface area (Å²) in [5.41, 5.74) is 0.0303. The number of furan rings is 1. The molecule has 1 saturated heterocycles. The summed E-state index contributed by atoms with van der Waals surface area (Å²) < 4.78 is 31.4. The summed E-state index contributed by atoms with van der Waals surface area (Å²) in [6, 6.07) is 1.35. The minimum Gasteiger partial charge on any atom is -0.472 e. The van der Waals surface area contributed by atoms with E-state index < -0.39 is 15.9 Å². The lowest BCUT2D eigenvalue weighted by Crippen LogP contribution is -2.44. The molecule has 5 nitrogen and oxygen atoms in total. The van der Waals surface area contributed by atoms with E-state index in [1.165, 1.54) is 22.9 Å². The molecule has 0 aromatic carbocycles. The molecule has 2 bridgehead atoms. The number of rotatable bonds is 1. The van der Waals surface area contributed by atoms with Gasteiger partial charge in [0.25, 0.3) is 5.91 Å². The Morgan fingerprint density at radius 2 is 2.19 bits per heavy atom. The first kappa shape index (κ1) is 13.4. The normalized spacial score (nSPS) is 38.7. The van der Waals surface area contributed by atoms with E-state index in [1.54, 1.807) is 0 Å². The number of sulfonamides is 1. The van der Waals surface area contributed by atoms with Crippen molar-refractivity contribution in [3.8, 4) is 0 Å². The maximum atomic E-state index is 12.7. The minimum atomic E-state index is -3.54. The van der Waals surface area contributed by atoms with E-state index in [0.717, 1.165) is 19.3 Å². The average molecular weight is 309 g/mol. The zero-order valence-corrected chi connectivity index (χ0v) is 13.0. The second-order valence-corrected chi connectivity index (χ2v) is 9.08. The molecule has 1 amide bonds. The van der Waals surface area contributed by atoms with Crippen LogP contribution in [0, 0.1) is 16.7 Å². The first-order chi connectivity index (χ1) is 9.80. The van der Waals surface area contributed by atoms with Crippen molar-refractivity contribution in [1.82, 2.24) is 4.31 Å². The summed E-state index contributed by atoms with van der Waals surface area (Å²) in [4.78, 5) is 12.6. The molecule has 3 fully saturated rings. The number of nitrogens with zero attached hydrogens (tertiary/aromatic N) is 1. The van der Waals surface area contributed by atoms with Gasteiger partial charge in [0.2, 0.25) is 10.0 Å². The van der Waals surface area contributed by atoms with E-state index in [1.807, 2.05) is 0 Å². The predicted molar refractivity (Wildman–Crippen MR) is 76.0 cm³/mol. The van der Waals surface area contributed by atoms with Gasteiger partial charge in [0.05, 0.1) is 23.6 Å². The van der Waals surface area contributed by atoms with Crippen molar-refractivity contribution < 1.29 is 17.6 Å². The van der Waals surface area contributed by atoms with Gasteiger partial charge in [-0.05, 0) is 36.7 Å². The first-order valence-electron chi connectivity index (χ1n) is 7.38. The van der Waals surface area contributed by atoms with Crippen molar-refractivity contribution in [2.24, 2.45) is 16.7 Å². The number of carbonyl (C=O) groups excluding carboxylic acids is 1. The van der Waals surface area contributed by atoms with Crippen molar-refractivity contribution >= 4 is 15.9 Å². The molecular formula is C15H19NO4S. The van der Waals surface area contributed by atoms with Crippen LogP contribution in [0.25, 0.3) is 0 Å². The number of carbonyl (C=O) groups is 1. The van der Waals surface area contributed by atoms with Crippen molar-refractivity contribution in [2.75, 3.05) is 5.75 Å². The maximum absolute atomic E-state index is 12.7. The fourth-order valence-electron chi connectivity index (χ4n) is 5.07. The summed E-state index contributed by atoms with van der Waals surface area (Å²) in [7, 11) is -3.54. The highest BCUT2D eigenvalue weighted by Gasteiger charge is 2.72. The summed E-state index contributed by atoms with van der Waals surface area (Å²) in [5.74, 6) is 0.184. The zero-order chi connectivity index (χ0) is 15.0. The second kappa shape index (κ2) is 3.72. The van der Waals surface area contributed by atoms with Gasteiger partial charge < -0.3 is 4.42 Å². The molecule has 0 N–H and O–H groups in total. The van der Waals surface area contributed by atoms with E-state index in [0.29, 0.717) is 11.5 Å². The van der Waals surface area contributed by atoms with Gasteiger partial charge in [-0.25, -0.2) is 12.7 Å². The van der Waals surface area contributed by atoms with E-state index in [-0.39, 0.29) is 22.6 Å². The lowest BCUT2D eigenvalue weighted by molar-refractivity contribution is 0.0700. The largest absolute Gasteiger partial charge is 0.472 e. The van der Waals surface area contributed by atoms with Crippen LogP contribution in [0.2, 0.25) is 0 Å². The summed E-state index contributed by atoms with van der Waals surface area (Å²) in [6.07, 6.45) is 5.50. The fourth-order valence-corrected chi connectivity index (χ4v) is 7.60. The van der Waals surface area contributed by atoms with Crippen LogP contribution in [-0.4, -0.2) is 30.4 Å². The molecule has 2 heterocycles. The lowest BCUT2D eigenvalue weighted by Gasteiger charge is -2.37. The van der Waals surface area contributed by atoms with Crippen LogP contribution in [0.5, 0.6) is 0 Å². The topological polar surface area (TPSA) is 67.6 Å². The SMILES string of the molecule is CC1(C)[C@@H]2CC[C@]13CS(=O)(=O)N(C(=O)c1ccoc1)[C@@H]3C2. The second-order valence-electron chi connectivity index (χ2n) is 7.23. The Kier molecular flexibility index (Phi) is 2.37. The lowest BCUT2D eigenvalue weighted by atomic mass is 9.69. The van der Waals surface area contributed by atoms with Crippen molar-refractivity contribution in [3.05, 3.63) is 24.2 Å². The molecule has 1 spiro atoms. The fraction of sp³-hybridized carbons (Fsp3) is 0.667. The molecule has 6 heteroatoms. The van der Waals surface area contributed by atoms with Crippen LogP contribution in [0.4, 0.5) is 0 Å². The minimum absolute atomic E-state index is 0.0177. The smallest absolute Gasteiger partial charge is 0.270 e. The summed E-state index contributed by atoms with van der Waals surface area (Å²) >= 11 is 0. The molecule has 1 aromatic rings. The highest BCUT2D eigenvalue weighted by Crippen LogP contribution is 2.70. The van der Waals surface area contributed by atoms with Gasteiger partial charge in [0, 0.05) is 5.41 Å². The van der Waals surface area contributed by atoms with Crippen LogP contribution in [0.15, 0.2) is 23.0 Å². The molecule has 2 saturated carbocycles. The quantitative estimate of drug-likeness (QED) is 0.798. The van der Waals surface area contributed by atoms with Gasteiger partial charge in [-0.2, -0.15) is 0 Å². The van der Waals surface area contributed by atoms with E-state index in [9.17, 15) is 13.2 Å². The molecule has 114 valence electrons. The summed E-state index contributed by atoms with van der Waals surface area (Å²) in [6.45, 7) is 4.35. The average Bonchev–Trinajstić information content (AvgIpc) is 3.08. The summed E-state index contributed by atoms with van der Waals surface area (Å²) in [5, 5.41) is 0. The first-order valence-corrected chi connectivity index (χ1v) is 8.99.